The number of alkyl carbamates (subject to hydrolysis) is 1. The van der Waals surface area contributed by atoms with Gasteiger partial charge in [0, 0.05) is 0 Å². The highest BCUT2D eigenvalue weighted by Gasteiger charge is 2.23. The highest BCUT2D eigenvalue weighted by atomic mass is 16.6. The first kappa shape index (κ1) is 20.4. The number of amides is 1. The number of nitrogens with zero attached hydrogens (tertiary/aromatic N) is 2. The molecule has 0 saturated heterocycles. The highest BCUT2D eigenvalue weighted by molar-refractivity contribution is 5.84. The maximum absolute atomic E-state index is 13.4. The van der Waals surface area contributed by atoms with Crippen molar-refractivity contribution in [3.8, 4) is 11.4 Å². The van der Waals surface area contributed by atoms with Crippen LogP contribution in [-0.4, -0.2) is 28.4 Å². The summed E-state index contributed by atoms with van der Waals surface area (Å²) in [6.45, 7) is 7.13. The van der Waals surface area contributed by atoms with Gasteiger partial charge in [-0.15, -0.1) is 0 Å². The molecule has 0 fully saturated rings. The average molecular weight is 395 g/mol. The summed E-state index contributed by atoms with van der Waals surface area (Å²) in [5.41, 5.74) is 0.235. The summed E-state index contributed by atoms with van der Waals surface area (Å²) in [4.78, 5) is 30.4. The Kier molecular flexibility index (Phi) is 5.59. The molecule has 29 heavy (non-hydrogen) atoms. The molecule has 0 spiro atoms. The standard InChI is InChI=1S/C22H25N3O4/c1-14(23-21(27)29-22(2,3)4)19-24-16-12-9-13-17(28-5)18(16)20(26)25(19)15-10-7-6-8-11-15/h6-14H,1-5H3,(H,23,27). The molecule has 1 amide bonds. The lowest BCUT2D eigenvalue weighted by Crippen LogP contribution is -2.37. The molecule has 1 heterocycles. The SMILES string of the molecule is COc1cccc2nc(C(C)NC(=O)OC(C)(C)C)n(-c3ccccc3)c(=O)c12. The minimum absolute atomic E-state index is 0.272. The number of fused-ring (bicyclic) bond motifs is 1. The lowest BCUT2D eigenvalue weighted by Gasteiger charge is -2.23. The predicted molar refractivity (Wildman–Crippen MR) is 112 cm³/mol. The average Bonchev–Trinajstić information content (AvgIpc) is 2.66. The van der Waals surface area contributed by atoms with Gasteiger partial charge in [-0.2, -0.15) is 0 Å². The highest BCUT2D eigenvalue weighted by Crippen LogP contribution is 2.24. The van der Waals surface area contributed by atoms with Crippen molar-refractivity contribution < 1.29 is 14.3 Å². The molecule has 3 rings (SSSR count). The van der Waals surface area contributed by atoms with E-state index >= 15 is 0 Å². The molecule has 152 valence electrons. The maximum atomic E-state index is 13.4. The molecule has 3 aromatic rings. The van der Waals surface area contributed by atoms with Gasteiger partial charge >= 0.3 is 6.09 Å². The van der Waals surface area contributed by atoms with Crippen molar-refractivity contribution in [1.29, 1.82) is 0 Å². The summed E-state index contributed by atoms with van der Waals surface area (Å²) in [6, 6.07) is 13.8. The Balaban J connectivity index is 2.18. The van der Waals surface area contributed by atoms with E-state index in [4.69, 9.17) is 9.47 Å². The number of hydrogen-bond donors (Lipinski definition) is 1. The number of aromatic nitrogens is 2. The second-order valence-corrected chi connectivity index (χ2v) is 7.67. The monoisotopic (exact) mass is 395 g/mol. The van der Waals surface area contributed by atoms with Gasteiger partial charge in [-0.25, -0.2) is 9.78 Å². The second kappa shape index (κ2) is 7.95. The third-order valence-electron chi connectivity index (χ3n) is 4.24. The Morgan fingerprint density at radius 1 is 1.10 bits per heavy atom. The number of carbonyl (C=O) groups is 1. The summed E-state index contributed by atoms with van der Waals surface area (Å²) in [6.07, 6.45) is -0.579. The van der Waals surface area contributed by atoms with Crippen molar-refractivity contribution in [2.75, 3.05) is 7.11 Å². The number of benzene rings is 2. The van der Waals surface area contributed by atoms with Crippen LogP contribution in [0.5, 0.6) is 5.75 Å². The van der Waals surface area contributed by atoms with E-state index in [1.807, 2.05) is 30.3 Å². The molecule has 1 N–H and O–H groups in total. The molecule has 0 aliphatic rings. The van der Waals surface area contributed by atoms with Crippen molar-refractivity contribution in [3.63, 3.8) is 0 Å². The van der Waals surface area contributed by atoms with Crippen LogP contribution in [0, 0.1) is 0 Å². The van der Waals surface area contributed by atoms with Crippen LogP contribution in [0.3, 0.4) is 0 Å². The zero-order chi connectivity index (χ0) is 21.2. The fraction of sp³-hybridized carbons (Fsp3) is 0.318. The summed E-state index contributed by atoms with van der Waals surface area (Å²) >= 11 is 0. The van der Waals surface area contributed by atoms with Crippen molar-refractivity contribution in [2.45, 2.75) is 39.3 Å². The van der Waals surface area contributed by atoms with Crippen LogP contribution >= 0.6 is 0 Å². The minimum Gasteiger partial charge on any atom is -0.496 e. The summed E-state index contributed by atoms with van der Waals surface area (Å²) < 4.78 is 12.2. The Hall–Kier alpha value is -3.35. The lowest BCUT2D eigenvalue weighted by molar-refractivity contribution is 0.0505. The number of ether oxygens (including phenoxy) is 2. The first-order valence-corrected chi connectivity index (χ1v) is 9.36. The van der Waals surface area contributed by atoms with E-state index in [1.54, 1.807) is 45.9 Å². The van der Waals surface area contributed by atoms with Crippen LogP contribution in [0.15, 0.2) is 53.3 Å². The van der Waals surface area contributed by atoms with E-state index < -0.39 is 17.7 Å². The zero-order valence-electron chi connectivity index (χ0n) is 17.2. The topological polar surface area (TPSA) is 82.4 Å². The third-order valence-corrected chi connectivity index (χ3v) is 4.24. The van der Waals surface area contributed by atoms with Gasteiger partial charge < -0.3 is 14.8 Å². The molecule has 0 saturated carbocycles. The van der Waals surface area contributed by atoms with Gasteiger partial charge in [-0.1, -0.05) is 24.3 Å². The molecule has 0 aliphatic carbocycles. The van der Waals surface area contributed by atoms with Gasteiger partial charge in [0.1, 0.15) is 22.6 Å². The van der Waals surface area contributed by atoms with E-state index in [0.29, 0.717) is 28.2 Å². The minimum atomic E-state index is -0.632. The molecule has 1 unspecified atom stereocenters. The van der Waals surface area contributed by atoms with E-state index in [9.17, 15) is 9.59 Å². The number of hydrogen-bond acceptors (Lipinski definition) is 5. The van der Waals surface area contributed by atoms with Gasteiger partial charge in [-0.3, -0.25) is 9.36 Å². The lowest BCUT2D eigenvalue weighted by atomic mass is 10.2. The largest absolute Gasteiger partial charge is 0.496 e. The van der Waals surface area contributed by atoms with E-state index in [0.717, 1.165) is 0 Å². The molecule has 0 radical (unpaired) electrons. The molecule has 0 bridgehead atoms. The van der Waals surface area contributed by atoms with Crippen molar-refractivity contribution in [2.24, 2.45) is 0 Å². The molecule has 1 atom stereocenters. The predicted octanol–water partition coefficient (Wildman–Crippen LogP) is 3.98. The van der Waals surface area contributed by atoms with Crippen LogP contribution in [0.2, 0.25) is 0 Å². The molecule has 7 nitrogen and oxygen atoms in total. The van der Waals surface area contributed by atoms with Gasteiger partial charge in [0.25, 0.3) is 5.56 Å². The quantitative estimate of drug-likeness (QED) is 0.722. The number of methoxy groups -OCH3 is 1. The Bertz CT molecular complexity index is 1080. The fourth-order valence-corrected chi connectivity index (χ4v) is 3.05. The van der Waals surface area contributed by atoms with Gasteiger partial charge in [-0.05, 0) is 52.0 Å². The third kappa shape index (κ3) is 4.39. The van der Waals surface area contributed by atoms with E-state index in [-0.39, 0.29) is 5.56 Å². The van der Waals surface area contributed by atoms with E-state index in [1.165, 1.54) is 11.7 Å². The molecule has 7 heteroatoms. The van der Waals surface area contributed by atoms with Crippen LogP contribution in [-0.2, 0) is 4.74 Å². The summed E-state index contributed by atoms with van der Waals surface area (Å²) in [5.74, 6) is 0.844. The van der Waals surface area contributed by atoms with Crippen molar-refractivity contribution >= 4 is 17.0 Å². The molecule has 2 aromatic carbocycles. The van der Waals surface area contributed by atoms with Crippen molar-refractivity contribution in [1.82, 2.24) is 14.9 Å². The number of rotatable bonds is 4. The smallest absolute Gasteiger partial charge is 0.408 e. The number of nitrogens with one attached hydrogen (secondary N) is 1. The second-order valence-electron chi connectivity index (χ2n) is 7.67. The molecular formula is C22H25N3O4. The van der Waals surface area contributed by atoms with E-state index in [2.05, 4.69) is 10.3 Å². The van der Waals surface area contributed by atoms with Crippen molar-refractivity contribution in [3.05, 3.63) is 64.7 Å². The normalized spacial score (nSPS) is 12.4. The Morgan fingerprint density at radius 3 is 2.41 bits per heavy atom. The summed E-state index contributed by atoms with van der Waals surface area (Å²) in [5, 5.41) is 3.15. The number of carbonyl (C=O) groups excluding carboxylic acids is 1. The first-order chi connectivity index (χ1) is 13.7. The first-order valence-electron chi connectivity index (χ1n) is 9.36. The fourth-order valence-electron chi connectivity index (χ4n) is 3.05. The molecule has 0 aliphatic heterocycles. The van der Waals surface area contributed by atoms with Gasteiger partial charge in [0.05, 0.1) is 24.4 Å². The Labute approximate surface area is 169 Å². The van der Waals surface area contributed by atoms with Crippen LogP contribution < -0.4 is 15.6 Å². The molecule has 1 aromatic heterocycles. The Morgan fingerprint density at radius 2 is 1.79 bits per heavy atom. The van der Waals surface area contributed by atoms with Gasteiger partial charge in [0.15, 0.2) is 0 Å². The van der Waals surface area contributed by atoms with Crippen LogP contribution in [0.25, 0.3) is 16.6 Å². The van der Waals surface area contributed by atoms with Gasteiger partial charge in [0.2, 0.25) is 0 Å². The summed E-state index contributed by atoms with van der Waals surface area (Å²) in [7, 11) is 1.52. The maximum Gasteiger partial charge on any atom is 0.408 e. The zero-order valence-corrected chi connectivity index (χ0v) is 17.2. The number of para-hydroxylation sites is 1. The van der Waals surface area contributed by atoms with Crippen LogP contribution in [0.4, 0.5) is 4.79 Å². The molecular weight excluding hydrogens is 370 g/mol. The van der Waals surface area contributed by atoms with Crippen LogP contribution in [0.1, 0.15) is 39.6 Å².